The molecule has 3 heterocycles. The first kappa shape index (κ1) is 21.6. The number of nitrogens with zero attached hydrogens (tertiary/aromatic N) is 5. The van der Waals surface area contributed by atoms with Crippen LogP contribution in [0.4, 0.5) is 23.1 Å². The molecule has 1 aliphatic heterocycles. The van der Waals surface area contributed by atoms with E-state index in [9.17, 15) is 5.11 Å². The number of anilines is 4. The van der Waals surface area contributed by atoms with E-state index in [0.717, 1.165) is 68.1 Å². The molecule has 9 heteroatoms. The molecule has 2 aromatic heterocycles. The van der Waals surface area contributed by atoms with Crippen LogP contribution >= 0.6 is 0 Å². The van der Waals surface area contributed by atoms with Crippen molar-refractivity contribution in [3.05, 3.63) is 30.6 Å². The van der Waals surface area contributed by atoms with E-state index in [0.29, 0.717) is 12.0 Å². The highest BCUT2D eigenvalue weighted by Crippen LogP contribution is 2.34. The van der Waals surface area contributed by atoms with Crippen LogP contribution in [0.2, 0.25) is 0 Å². The van der Waals surface area contributed by atoms with Gasteiger partial charge >= 0.3 is 0 Å². The van der Waals surface area contributed by atoms with Crippen molar-refractivity contribution in [1.82, 2.24) is 24.8 Å². The highest BCUT2D eigenvalue weighted by atomic mass is 16.3. The number of aliphatic hydroxyl groups excluding tert-OH is 1. The molecule has 0 amide bonds. The lowest BCUT2D eigenvalue weighted by atomic mass is 10.2. The Kier molecular flexibility index (Phi) is 5.97. The second-order valence-electron chi connectivity index (χ2n) is 9.88. The van der Waals surface area contributed by atoms with E-state index < -0.39 is 0 Å². The van der Waals surface area contributed by atoms with E-state index in [1.165, 1.54) is 31.4 Å². The van der Waals surface area contributed by atoms with Gasteiger partial charge in [-0.1, -0.05) is 12.8 Å². The van der Waals surface area contributed by atoms with Crippen molar-refractivity contribution in [2.75, 3.05) is 41.7 Å². The number of hydrogen-bond acceptors (Lipinski definition) is 8. The minimum absolute atomic E-state index is 0.196. The summed E-state index contributed by atoms with van der Waals surface area (Å²) in [5.74, 6) is 1.32. The number of piperazine rings is 1. The van der Waals surface area contributed by atoms with Crippen LogP contribution in [0.25, 0.3) is 11.2 Å². The number of hydrogen-bond donors (Lipinski definition) is 4. The van der Waals surface area contributed by atoms with Crippen LogP contribution < -0.4 is 20.9 Å². The molecule has 34 heavy (non-hydrogen) atoms. The highest BCUT2D eigenvalue weighted by Gasteiger charge is 2.25. The molecule has 0 spiro atoms. The van der Waals surface area contributed by atoms with Crippen LogP contribution in [0.15, 0.2) is 30.6 Å². The number of aliphatic hydroxyl groups is 1. The molecule has 3 aromatic rings. The van der Waals surface area contributed by atoms with Crippen LogP contribution in [0, 0.1) is 0 Å². The molecule has 9 nitrogen and oxygen atoms in total. The fourth-order valence-electron chi connectivity index (χ4n) is 5.60. The summed E-state index contributed by atoms with van der Waals surface area (Å²) in [6, 6.07) is 9.21. The molecular weight excluding hydrogens is 428 g/mol. The van der Waals surface area contributed by atoms with Gasteiger partial charge in [-0.05, 0) is 56.4 Å². The zero-order chi connectivity index (χ0) is 22.9. The number of imidazole rings is 1. The standard InChI is InChI=1S/C25H34N8O/c34-21-10-7-18(15-21)29-25-30-23(22-24(31-25)33(16-27-22)20-3-1-2-4-20)28-17-5-8-19(9-6-17)32-13-11-26-12-14-32/h5-6,8-9,16,18,20-21,26,34H,1-4,7,10-15H2,(H2,28,29,30,31). The van der Waals surface area contributed by atoms with Crippen molar-refractivity contribution in [2.45, 2.75) is 63.1 Å². The van der Waals surface area contributed by atoms with Gasteiger partial charge in [0, 0.05) is 49.6 Å². The van der Waals surface area contributed by atoms with Gasteiger partial charge in [-0.15, -0.1) is 0 Å². The van der Waals surface area contributed by atoms with Crippen molar-refractivity contribution >= 4 is 34.3 Å². The van der Waals surface area contributed by atoms with Gasteiger partial charge < -0.3 is 30.5 Å². The molecule has 2 atom stereocenters. The van der Waals surface area contributed by atoms with Crippen LogP contribution in [0.5, 0.6) is 0 Å². The molecule has 3 fully saturated rings. The molecule has 2 unspecified atom stereocenters. The summed E-state index contributed by atoms with van der Waals surface area (Å²) >= 11 is 0. The number of rotatable bonds is 6. The van der Waals surface area contributed by atoms with Gasteiger partial charge in [0.2, 0.25) is 5.95 Å². The molecular formula is C25H34N8O. The minimum Gasteiger partial charge on any atom is -0.393 e. The lowest BCUT2D eigenvalue weighted by Crippen LogP contribution is -2.43. The number of benzene rings is 1. The lowest BCUT2D eigenvalue weighted by Gasteiger charge is -2.29. The summed E-state index contributed by atoms with van der Waals surface area (Å²) in [4.78, 5) is 16.9. The molecule has 2 saturated carbocycles. The molecule has 180 valence electrons. The summed E-state index contributed by atoms with van der Waals surface area (Å²) < 4.78 is 2.23. The van der Waals surface area contributed by atoms with E-state index in [1.807, 2.05) is 6.33 Å². The van der Waals surface area contributed by atoms with E-state index in [-0.39, 0.29) is 12.1 Å². The summed E-state index contributed by atoms with van der Waals surface area (Å²) in [5, 5.41) is 20.3. The van der Waals surface area contributed by atoms with Gasteiger partial charge in [-0.2, -0.15) is 9.97 Å². The van der Waals surface area contributed by atoms with Gasteiger partial charge in [-0.3, -0.25) is 0 Å². The normalized spacial score (nSPS) is 23.6. The topological polar surface area (TPSA) is 103 Å². The summed E-state index contributed by atoms with van der Waals surface area (Å²) in [7, 11) is 0. The minimum atomic E-state index is -0.239. The SMILES string of the molecule is OC1CCC(Nc2nc(Nc3ccc(N4CCNCC4)cc3)c3ncn(C4CCCC4)c3n2)C1. The van der Waals surface area contributed by atoms with Crippen molar-refractivity contribution in [3.63, 3.8) is 0 Å². The van der Waals surface area contributed by atoms with Crippen LogP contribution in [-0.4, -0.2) is 63.0 Å². The quantitative estimate of drug-likeness (QED) is 0.442. The first-order chi connectivity index (χ1) is 16.7. The third kappa shape index (κ3) is 4.42. The van der Waals surface area contributed by atoms with E-state index in [1.54, 1.807) is 0 Å². The Morgan fingerprint density at radius 3 is 2.50 bits per heavy atom. The van der Waals surface area contributed by atoms with Crippen LogP contribution in [-0.2, 0) is 0 Å². The number of fused-ring (bicyclic) bond motifs is 1. The monoisotopic (exact) mass is 462 g/mol. The maximum Gasteiger partial charge on any atom is 0.227 e. The average Bonchev–Trinajstić information content (AvgIpc) is 3.61. The van der Waals surface area contributed by atoms with Crippen LogP contribution in [0.3, 0.4) is 0 Å². The lowest BCUT2D eigenvalue weighted by molar-refractivity contribution is 0.182. The van der Waals surface area contributed by atoms with Gasteiger partial charge in [0.15, 0.2) is 17.0 Å². The predicted molar refractivity (Wildman–Crippen MR) is 135 cm³/mol. The smallest absolute Gasteiger partial charge is 0.227 e. The molecule has 3 aliphatic rings. The summed E-state index contributed by atoms with van der Waals surface area (Å²) in [6.07, 6.45) is 9.03. The number of aromatic nitrogens is 4. The summed E-state index contributed by atoms with van der Waals surface area (Å²) in [5.41, 5.74) is 3.90. The molecule has 2 aliphatic carbocycles. The zero-order valence-corrected chi connectivity index (χ0v) is 19.6. The van der Waals surface area contributed by atoms with E-state index in [4.69, 9.17) is 15.0 Å². The van der Waals surface area contributed by atoms with Gasteiger partial charge in [0.1, 0.15) is 0 Å². The largest absolute Gasteiger partial charge is 0.393 e. The molecule has 0 radical (unpaired) electrons. The van der Waals surface area contributed by atoms with Crippen molar-refractivity contribution in [2.24, 2.45) is 0 Å². The molecule has 1 saturated heterocycles. The second kappa shape index (κ2) is 9.38. The van der Waals surface area contributed by atoms with Crippen molar-refractivity contribution in [3.8, 4) is 0 Å². The van der Waals surface area contributed by atoms with Crippen molar-refractivity contribution in [1.29, 1.82) is 0 Å². The van der Waals surface area contributed by atoms with Crippen LogP contribution in [0.1, 0.15) is 51.0 Å². The Morgan fingerprint density at radius 2 is 1.76 bits per heavy atom. The van der Waals surface area contributed by atoms with Gasteiger partial charge in [-0.25, -0.2) is 4.98 Å². The fraction of sp³-hybridized carbons (Fsp3) is 0.560. The Bertz CT molecular complexity index is 1120. The fourth-order valence-corrected chi connectivity index (χ4v) is 5.60. The molecule has 4 N–H and O–H groups in total. The maximum absolute atomic E-state index is 9.96. The van der Waals surface area contributed by atoms with Crippen molar-refractivity contribution < 1.29 is 5.11 Å². The van der Waals surface area contributed by atoms with Gasteiger partial charge in [0.25, 0.3) is 0 Å². The van der Waals surface area contributed by atoms with E-state index in [2.05, 4.69) is 49.7 Å². The number of nitrogens with one attached hydrogen (secondary N) is 3. The summed E-state index contributed by atoms with van der Waals surface area (Å²) in [6.45, 7) is 4.11. The Morgan fingerprint density at radius 1 is 0.971 bits per heavy atom. The molecule has 0 bridgehead atoms. The zero-order valence-electron chi connectivity index (χ0n) is 19.6. The third-order valence-electron chi connectivity index (χ3n) is 7.49. The van der Waals surface area contributed by atoms with Gasteiger partial charge in [0.05, 0.1) is 12.4 Å². The first-order valence-electron chi connectivity index (χ1n) is 12.7. The highest BCUT2D eigenvalue weighted by molar-refractivity contribution is 5.86. The molecule has 6 rings (SSSR count). The maximum atomic E-state index is 9.96. The Balaban J connectivity index is 1.30. The van der Waals surface area contributed by atoms with E-state index >= 15 is 0 Å². The predicted octanol–water partition coefficient (Wildman–Crippen LogP) is 3.42. The Labute approximate surface area is 200 Å². The Hall–Kier alpha value is -2.91. The molecule has 1 aromatic carbocycles. The first-order valence-corrected chi connectivity index (χ1v) is 12.7. The third-order valence-corrected chi connectivity index (χ3v) is 7.49. The second-order valence-corrected chi connectivity index (χ2v) is 9.88. The average molecular weight is 463 g/mol.